The van der Waals surface area contributed by atoms with Gasteiger partial charge in [-0.3, -0.25) is 4.79 Å². The van der Waals surface area contributed by atoms with Gasteiger partial charge in [-0.05, 0) is 61.7 Å². The molecule has 2 aromatic carbocycles. The highest BCUT2D eigenvalue weighted by Crippen LogP contribution is 2.25. The van der Waals surface area contributed by atoms with Crippen LogP contribution in [0.2, 0.25) is 5.02 Å². The minimum atomic E-state index is -3.64. The van der Waals surface area contributed by atoms with Crippen molar-refractivity contribution in [2.75, 3.05) is 19.7 Å². The molecule has 1 fully saturated rings. The van der Waals surface area contributed by atoms with Crippen LogP contribution in [0.15, 0.2) is 53.4 Å². The molecule has 0 radical (unpaired) electrons. The second kappa shape index (κ2) is 9.61. The van der Waals surface area contributed by atoms with E-state index in [2.05, 4.69) is 5.32 Å². The summed E-state index contributed by atoms with van der Waals surface area (Å²) in [7, 11) is -3.64. The van der Waals surface area contributed by atoms with Gasteiger partial charge in [-0.2, -0.15) is 4.31 Å². The van der Waals surface area contributed by atoms with Crippen molar-refractivity contribution in [2.24, 2.45) is 5.92 Å². The van der Waals surface area contributed by atoms with Gasteiger partial charge < -0.3 is 10.1 Å². The second-order valence-electron chi connectivity index (χ2n) is 6.95. The zero-order chi connectivity index (χ0) is 20.9. The molecule has 8 heteroatoms. The van der Waals surface area contributed by atoms with E-state index in [0.717, 1.165) is 11.3 Å². The number of hydrogen-bond acceptors (Lipinski definition) is 4. The van der Waals surface area contributed by atoms with Gasteiger partial charge in [0.15, 0.2) is 0 Å². The SMILES string of the molecule is CCOc1ccc(CNC(=O)C2CCCN(S(=O)(=O)c3ccc(Cl)cc3)C2)cc1. The Labute approximate surface area is 176 Å². The normalized spacial score (nSPS) is 17.7. The number of nitrogens with one attached hydrogen (secondary N) is 1. The number of rotatable bonds is 7. The Hall–Kier alpha value is -2.09. The zero-order valence-corrected chi connectivity index (χ0v) is 17.9. The molecule has 0 bridgehead atoms. The van der Waals surface area contributed by atoms with Crippen LogP contribution < -0.4 is 10.1 Å². The molecule has 1 unspecified atom stereocenters. The van der Waals surface area contributed by atoms with Crippen LogP contribution in [-0.2, 0) is 21.4 Å². The molecule has 1 aliphatic heterocycles. The lowest BCUT2D eigenvalue weighted by Gasteiger charge is -2.31. The molecule has 1 aliphatic rings. The number of benzene rings is 2. The third-order valence-electron chi connectivity index (χ3n) is 4.91. The molecule has 156 valence electrons. The molecule has 1 saturated heterocycles. The fourth-order valence-corrected chi connectivity index (χ4v) is 4.98. The first-order valence-corrected chi connectivity index (χ1v) is 11.5. The summed E-state index contributed by atoms with van der Waals surface area (Å²) < 4.78 is 32.5. The van der Waals surface area contributed by atoms with E-state index in [1.165, 1.54) is 16.4 Å². The Morgan fingerprint density at radius 1 is 1.17 bits per heavy atom. The number of carbonyl (C=O) groups excluding carboxylic acids is 1. The number of piperidine rings is 1. The van der Waals surface area contributed by atoms with E-state index in [9.17, 15) is 13.2 Å². The molecule has 0 aliphatic carbocycles. The summed E-state index contributed by atoms with van der Waals surface area (Å²) in [5, 5.41) is 3.40. The Morgan fingerprint density at radius 2 is 1.86 bits per heavy atom. The van der Waals surface area contributed by atoms with Gasteiger partial charge in [0.1, 0.15) is 5.75 Å². The summed E-state index contributed by atoms with van der Waals surface area (Å²) in [6.07, 6.45) is 1.32. The van der Waals surface area contributed by atoms with Gasteiger partial charge >= 0.3 is 0 Å². The first-order chi connectivity index (χ1) is 13.9. The molecule has 1 amide bonds. The van der Waals surface area contributed by atoms with Crippen LogP contribution in [0.4, 0.5) is 0 Å². The summed E-state index contributed by atoms with van der Waals surface area (Å²) in [5.41, 5.74) is 0.961. The Bertz CT molecular complexity index is 930. The lowest BCUT2D eigenvalue weighted by Crippen LogP contribution is -2.45. The smallest absolute Gasteiger partial charge is 0.243 e. The number of carbonyl (C=O) groups is 1. The second-order valence-corrected chi connectivity index (χ2v) is 9.33. The van der Waals surface area contributed by atoms with Crippen molar-refractivity contribution in [1.82, 2.24) is 9.62 Å². The van der Waals surface area contributed by atoms with E-state index in [0.29, 0.717) is 37.6 Å². The van der Waals surface area contributed by atoms with E-state index >= 15 is 0 Å². The first-order valence-electron chi connectivity index (χ1n) is 9.65. The van der Waals surface area contributed by atoms with Crippen molar-refractivity contribution in [1.29, 1.82) is 0 Å². The average molecular weight is 437 g/mol. The van der Waals surface area contributed by atoms with E-state index in [1.54, 1.807) is 12.1 Å². The summed E-state index contributed by atoms with van der Waals surface area (Å²) in [4.78, 5) is 12.8. The van der Waals surface area contributed by atoms with Crippen molar-refractivity contribution in [3.8, 4) is 5.75 Å². The third kappa shape index (κ3) is 5.50. The maximum atomic E-state index is 12.9. The van der Waals surface area contributed by atoms with Gasteiger partial charge in [-0.25, -0.2) is 8.42 Å². The van der Waals surface area contributed by atoms with Crippen LogP contribution in [0.25, 0.3) is 0 Å². The van der Waals surface area contributed by atoms with E-state index in [4.69, 9.17) is 16.3 Å². The Morgan fingerprint density at radius 3 is 2.52 bits per heavy atom. The highest BCUT2D eigenvalue weighted by molar-refractivity contribution is 7.89. The summed E-state index contributed by atoms with van der Waals surface area (Å²) in [5.74, 6) is 0.293. The lowest BCUT2D eigenvalue weighted by atomic mass is 9.99. The van der Waals surface area contributed by atoms with Crippen molar-refractivity contribution in [3.05, 3.63) is 59.1 Å². The molecular formula is C21H25ClN2O4S. The molecule has 3 rings (SSSR count). The lowest BCUT2D eigenvalue weighted by molar-refractivity contribution is -0.126. The van der Waals surface area contributed by atoms with Crippen LogP contribution in [0.1, 0.15) is 25.3 Å². The van der Waals surface area contributed by atoms with Gasteiger partial charge in [0.05, 0.1) is 17.4 Å². The summed E-state index contributed by atoms with van der Waals surface area (Å²) in [6, 6.07) is 13.6. The average Bonchev–Trinajstić information content (AvgIpc) is 2.73. The number of ether oxygens (including phenoxy) is 1. The topological polar surface area (TPSA) is 75.7 Å². The number of nitrogens with zero attached hydrogens (tertiary/aromatic N) is 1. The fourth-order valence-electron chi connectivity index (χ4n) is 3.33. The predicted octanol–water partition coefficient (Wildman–Crippen LogP) is 3.46. The van der Waals surface area contributed by atoms with E-state index in [1.807, 2.05) is 31.2 Å². The standard InChI is InChI=1S/C21H25ClN2O4S/c1-2-28-19-9-5-16(6-10-19)14-23-21(25)17-4-3-13-24(15-17)29(26,27)20-11-7-18(22)8-12-20/h5-12,17H,2-4,13-15H2,1H3,(H,23,25). The minimum absolute atomic E-state index is 0.130. The maximum Gasteiger partial charge on any atom is 0.243 e. The van der Waals surface area contributed by atoms with Crippen LogP contribution in [0.5, 0.6) is 5.75 Å². The summed E-state index contributed by atoms with van der Waals surface area (Å²) >= 11 is 5.85. The van der Waals surface area contributed by atoms with Crippen LogP contribution >= 0.6 is 11.6 Å². The zero-order valence-electron chi connectivity index (χ0n) is 16.3. The largest absolute Gasteiger partial charge is 0.494 e. The number of sulfonamides is 1. The Balaban J connectivity index is 1.59. The molecule has 29 heavy (non-hydrogen) atoms. The van der Waals surface area contributed by atoms with Crippen molar-refractivity contribution in [2.45, 2.75) is 31.2 Å². The van der Waals surface area contributed by atoms with Gasteiger partial charge in [-0.15, -0.1) is 0 Å². The van der Waals surface area contributed by atoms with Gasteiger partial charge in [-0.1, -0.05) is 23.7 Å². The van der Waals surface area contributed by atoms with Crippen molar-refractivity contribution in [3.63, 3.8) is 0 Å². The minimum Gasteiger partial charge on any atom is -0.494 e. The molecule has 1 N–H and O–H groups in total. The van der Waals surface area contributed by atoms with Crippen molar-refractivity contribution >= 4 is 27.5 Å². The molecule has 6 nitrogen and oxygen atoms in total. The number of amides is 1. The van der Waals surface area contributed by atoms with Crippen LogP contribution in [0.3, 0.4) is 0 Å². The number of halogens is 1. The maximum absolute atomic E-state index is 12.9. The predicted molar refractivity (Wildman–Crippen MR) is 112 cm³/mol. The van der Waals surface area contributed by atoms with E-state index < -0.39 is 10.0 Å². The van der Waals surface area contributed by atoms with Gasteiger partial charge in [0.25, 0.3) is 0 Å². The van der Waals surface area contributed by atoms with Crippen LogP contribution in [0, 0.1) is 5.92 Å². The monoisotopic (exact) mass is 436 g/mol. The molecule has 2 aromatic rings. The third-order valence-corrected chi connectivity index (χ3v) is 7.04. The summed E-state index contributed by atoms with van der Waals surface area (Å²) in [6.45, 7) is 3.52. The molecule has 0 saturated carbocycles. The highest BCUT2D eigenvalue weighted by atomic mass is 35.5. The van der Waals surface area contributed by atoms with Crippen LogP contribution in [-0.4, -0.2) is 38.3 Å². The molecule has 1 atom stereocenters. The Kier molecular flexibility index (Phi) is 7.16. The molecular weight excluding hydrogens is 412 g/mol. The molecule has 0 aromatic heterocycles. The van der Waals surface area contributed by atoms with Gasteiger partial charge in [0, 0.05) is 24.7 Å². The fraction of sp³-hybridized carbons (Fsp3) is 0.381. The highest BCUT2D eigenvalue weighted by Gasteiger charge is 2.33. The molecule has 0 spiro atoms. The van der Waals surface area contributed by atoms with E-state index in [-0.39, 0.29) is 23.3 Å². The quantitative estimate of drug-likeness (QED) is 0.721. The van der Waals surface area contributed by atoms with Gasteiger partial charge in [0.2, 0.25) is 15.9 Å². The first kappa shape index (κ1) is 21.6. The van der Waals surface area contributed by atoms with Crippen molar-refractivity contribution < 1.29 is 17.9 Å². The molecule has 1 heterocycles. The number of hydrogen-bond donors (Lipinski definition) is 1.